The average molecular weight is 493 g/mol. The molecule has 0 N–H and O–H groups in total. The molecule has 0 fully saturated rings. The molecule has 37 heavy (non-hydrogen) atoms. The number of thiophene rings is 1. The van der Waals surface area contributed by atoms with E-state index in [1.807, 2.05) is 11.3 Å². The molecule has 6 aromatic carbocycles. The predicted molar refractivity (Wildman–Crippen MR) is 164 cm³/mol. The van der Waals surface area contributed by atoms with Gasteiger partial charge >= 0.3 is 0 Å². The Bertz CT molecular complexity index is 2020. The van der Waals surface area contributed by atoms with Crippen LogP contribution in [0.25, 0.3) is 64.0 Å². The fourth-order valence-electron chi connectivity index (χ4n) is 6.33. The minimum absolute atomic E-state index is 1.30. The van der Waals surface area contributed by atoms with E-state index < -0.39 is 0 Å². The second kappa shape index (κ2) is 8.30. The van der Waals surface area contributed by atoms with Gasteiger partial charge in [-0.25, -0.2) is 0 Å². The minimum atomic E-state index is 1.30. The van der Waals surface area contributed by atoms with Gasteiger partial charge in [-0.1, -0.05) is 91.0 Å². The van der Waals surface area contributed by atoms with E-state index in [9.17, 15) is 0 Å². The molecule has 0 saturated heterocycles. The number of benzene rings is 6. The molecule has 7 aromatic rings. The summed E-state index contributed by atoms with van der Waals surface area (Å²) in [6.07, 6.45) is 0. The summed E-state index contributed by atoms with van der Waals surface area (Å²) in [4.78, 5) is 0. The zero-order valence-electron chi connectivity index (χ0n) is 21.6. The molecule has 0 unspecified atom stereocenters. The van der Waals surface area contributed by atoms with Crippen LogP contribution in [0.15, 0.2) is 97.1 Å². The lowest BCUT2D eigenvalue weighted by Crippen LogP contribution is -1.96. The van der Waals surface area contributed by atoms with Crippen LogP contribution in [0.3, 0.4) is 0 Å². The van der Waals surface area contributed by atoms with Crippen LogP contribution in [-0.4, -0.2) is 0 Å². The summed E-state index contributed by atoms with van der Waals surface area (Å²) in [5, 5.41) is 8.13. The summed E-state index contributed by atoms with van der Waals surface area (Å²) in [7, 11) is 0. The predicted octanol–water partition coefficient (Wildman–Crippen LogP) is 10.9. The maximum Gasteiger partial charge on any atom is 0.0443 e. The Kier molecular flexibility index (Phi) is 4.99. The molecule has 0 radical (unpaired) electrons. The van der Waals surface area contributed by atoms with Gasteiger partial charge in [0.25, 0.3) is 0 Å². The van der Waals surface area contributed by atoms with Crippen LogP contribution < -0.4 is 0 Å². The standard InChI is InChI=1S/C36H28S/c1-21-11-5-7-13-26(21)28-19-17-22(2)32(23(28)3)33-24(4)27-14-9-10-16-30(27)35-34-29-15-8-6-12-25(29)18-20-31(34)37-36(33)35/h5-20H,1-4H3. The van der Waals surface area contributed by atoms with Gasteiger partial charge in [-0.05, 0) is 94.3 Å². The number of fused-ring (bicyclic) bond motifs is 7. The first kappa shape index (κ1) is 22.3. The molecule has 0 bridgehead atoms. The van der Waals surface area contributed by atoms with Crippen molar-refractivity contribution in [3.8, 4) is 22.3 Å². The summed E-state index contributed by atoms with van der Waals surface area (Å²) in [6, 6.07) is 35.8. The number of rotatable bonds is 2. The summed E-state index contributed by atoms with van der Waals surface area (Å²) in [5.74, 6) is 0. The first-order chi connectivity index (χ1) is 18.0. The second-order valence-corrected chi connectivity index (χ2v) is 11.3. The molecule has 7 rings (SSSR count). The monoisotopic (exact) mass is 492 g/mol. The van der Waals surface area contributed by atoms with Crippen molar-refractivity contribution in [2.24, 2.45) is 0 Å². The van der Waals surface area contributed by atoms with Crippen LogP contribution >= 0.6 is 11.3 Å². The molecule has 1 heterocycles. The normalized spacial score (nSPS) is 11.8. The molecule has 178 valence electrons. The van der Waals surface area contributed by atoms with E-state index in [-0.39, 0.29) is 0 Å². The maximum absolute atomic E-state index is 2.32. The van der Waals surface area contributed by atoms with Gasteiger partial charge in [0, 0.05) is 25.7 Å². The van der Waals surface area contributed by atoms with Crippen molar-refractivity contribution in [2.45, 2.75) is 27.7 Å². The molecule has 0 amide bonds. The topological polar surface area (TPSA) is 0 Å². The quantitative estimate of drug-likeness (QED) is 0.225. The van der Waals surface area contributed by atoms with Gasteiger partial charge in [0.1, 0.15) is 0 Å². The Morgan fingerprint density at radius 2 is 1.16 bits per heavy atom. The highest BCUT2D eigenvalue weighted by Crippen LogP contribution is 2.50. The Morgan fingerprint density at radius 1 is 0.459 bits per heavy atom. The van der Waals surface area contributed by atoms with E-state index in [2.05, 4.69) is 125 Å². The van der Waals surface area contributed by atoms with Crippen LogP contribution in [0, 0.1) is 27.7 Å². The van der Waals surface area contributed by atoms with Gasteiger partial charge in [-0.2, -0.15) is 0 Å². The SMILES string of the molecule is Cc1ccccc1-c1ccc(C)c(-c2c(C)c3ccccc3c3c2sc2ccc4ccccc4c23)c1C. The number of aryl methyl sites for hydroxylation is 3. The van der Waals surface area contributed by atoms with Gasteiger partial charge in [0.05, 0.1) is 0 Å². The Balaban J connectivity index is 1.69. The molecule has 0 saturated carbocycles. The zero-order valence-corrected chi connectivity index (χ0v) is 22.5. The van der Waals surface area contributed by atoms with E-state index in [1.165, 1.54) is 86.2 Å². The fraction of sp³-hybridized carbons (Fsp3) is 0.111. The molecule has 0 nitrogen and oxygen atoms in total. The van der Waals surface area contributed by atoms with Crippen molar-refractivity contribution in [2.75, 3.05) is 0 Å². The Morgan fingerprint density at radius 3 is 1.97 bits per heavy atom. The first-order valence-corrected chi connectivity index (χ1v) is 13.8. The maximum atomic E-state index is 2.32. The van der Waals surface area contributed by atoms with Gasteiger partial charge in [0.2, 0.25) is 0 Å². The van der Waals surface area contributed by atoms with Crippen LogP contribution in [-0.2, 0) is 0 Å². The summed E-state index contributed by atoms with van der Waals surface area (Å²) in [5.41, 5.74) is 10.8. The molecule has 1 heteroatoms. The van der Waals surface area contributed by atoms with Gasteiger partial charge in [-0.3, -0.25) is 0 Å². The molecular formula is C36H28S. The van der Waals surface area contributed by atoms with Crippen LogP contribution in [0.4, 0.5) is 0 Å². The Hall–Kier alpha value is -3.94. The summed E-state index contributed by atoms with van der Waals surface area (Å²) >= 11 is 1.95. The molecule has 0 aliphatic carbocycles. The zero-order chi connectivity index (χ0) is 25.3. The molecule has 0 aliphatic rings. The van der Waals surface area contributed by atoms with Gasteiger partial charge in [-0.15, -0.1) is 11.3 Å². The second-order valence-electron chi connectivity index (χ2n) is 10.3. The van der Waals surface area contributed by atoms with Gasteiger partial charge < -0.3 is 0 Å². The highest BCUT2D eigenvalue weighted by Gasteiger charge is 2.22. The van der Waals surface area contributed by atoms with Crippen molar-refractivity contribution in [1.82, 2.24) is 0 Å². The molecular weight excluding hydrogens is 464 g/mol. The molecule has 0 atom stereocenters. The van der Waals surface area contributed by atoms with Crippen molar-refractivity contribution in [1.29, 1.82) is 0 Å². The first-order valence-electron chi connectivity index (χ1n) is 13.0. The average Bonchev–Trinajstić information content (AvgIpc) is 3.31. The largest absolute Gasteiger partial charge is 0.134 e. The lowest BCUT2D eigenvalue weighted by Gasteiger charge is -2.20. The third kappa shape index (κ3) is 3.21. The molecule has 0 aliphatic heterocycles. The Labute approximate surface area is 221 Å². The lowest BCUT2D eigenvalue weighted by molar-refractivity contribution is 1.35. The highest BCUT2D eigenvalue weighted by atomic mass is 32.1. The van der Waals surface area contributed by atoms with E-state index in [4.69, 9.17) is 0 Å². The number of hydrogen-bond acceptors (Lipinski definition) is 1. The van der Waals surface area contributed by atoms with Gasteiger partial charge in [0.15, 0.2) is 0 Å². The van der Waals surface area contributed by atoms with E-state index in [1.54, 1.807) is 0 Å². The minimum Gasteiger partial charge on any atom is -0.134 e. The number of hydrogen-bond donors (Lipinski definition) is 0. The smallest absolute Gasteiger partial charge is 0.0443 e. The van der Waals surface area contributed by atoms with Crippen LogP contribution in [0.2, 0.25) is 0 Å². The molecule has 0 spiro atoms. The highest BCUT2D eigenvalue weighted by molar-refractivity contribution is 7.26. The fourth-order valence-corrected chi connectivity index (χ4v) is 7.68. The lowest BCUT2D eigenvalue weighted by atomic mass is 9.84. The van der Waals surface area contributed by atoms with Crippen LogP contribution in [0.1, 0.15) is 22.3 Å². The third-order valence-corrected chi connectivity index (χ3v) is 9.31. The van der Waals surface area contributed by atoms with Crippen molar-refractivity contribution < 1.29 is 0 Å². The van der Waals surface area contributed by atoms with Crippen molar-refractivity contribution in [3.05, 3.63) is 119 Å². The third-order valence-electron chi connectivity index (χ3n) is 8.14. The van der Waals surface area contributed by atoms with Crippen molar-refractivity contribution >= 4 is 53.1 Å². The van der Waals surface area contributed by atoms with E-state index in [0.29, 0.717) is 0 Å². The summed E-state index contributed by atoms with van der Waals surface area (Å²) < 4.78 is 2.76. The van der Waals surface area contributed by atoms with E-state index in [0.717, 1.165) is 0 Å². The van der Waals surface area contributed by atoms with E-state index >= 15 is 0 Å². The van der Waals surface area contributed by atoms with Crippen LogP contribution in [0.5, 0.6) is 0 Å². The van der Waals surface area contributed by atoms with Crippen molar-refractivity contribution in [3.63, 3.8) is 0 Å². The molecule has 1 aromatic heterocycles. The summed E-state index contributed by atoms with van der Waals surface area (Å²) in [6.45, 7) is 9.12.